The summed E-state index contributed by atoms with van der Waals surface area (Å²) in [6, 6.07) is 3.93. The second-order valence-corrected chi connectivity index (χ2v) is 3.21. The highest BCUT2D eigenvalue weighted by Crippen LogP contribution is 2.26. The van der Waals surface area contributed by atoms with Crippen LogP contribution in [0.1, 0.15) is 22.8 Å². The summed E-state index contributed by atoms with van der Waals surface area (Å²) in [6.07, 6.45) is 0. The van der Waals surface area contributed by atoms with Crippen molar-refractivity contribution in [2.75, 3.05) is 0 Å². The van der Waals surface area contributed by atoms with E-state index in [4.69, 9.17) is 16.9 Å². The maximum atomic E-state index is 11.1. The lowest BCUT2D eigenvalue weighted by atomic mass is 10.0. The number of nitro benzene ring substituents is 1. The van der Waals surface area contributed by atoms with Crippen molar-refractivity contribution in [2.24, 2.45) is 0 Å². The van der Waals surface area contributed by atoms with Crippen LogP contribution >= 0.6 is 11.6 Å². The summed E-state index contributed by atoms with van der Waals surface area (Å²) in [5.41, 5.74) is -0.733. The number of hydrogen-bond acceptors (Lipinski definition) is 4. The molecule has 0 radical (unpaired) electrons. The highest BCUT2D eigenvalue weighted by atomic mass is 35.5. The molecule has 0 bridgehead atoms. The zero-order chi connectivity index (χ0) is 11.6. The number of hydrogen-bond donors (Lipinski definition) is 0. The van der Waals surface area contributed by atoms with Gasteiger partial charge in [0.1, 0.15) is 11.6 Å². The minimum Gasteiger partial charge on any atom is -0.294 e. The Hall–Kier alpha value is -1.93. The Kier molecular flexibility index (Phi) is 3.02. The van der Waals surface area contributed by atoms with Crippen molar-refractivity contribution in [3.8, 4) is 6.07 Å². The van der Waals surface area contributed by atoms with Crippen LogP contribution < -0.4 is 0 Å². The molecule has 0 saturated heterocycles. The molecule has 1 aromatic carbocycles. The molecule has 0 spiro atoms. The average molecular weight is 225 g/mol. The molecule has 0 fully saturated rings. The van der Waals surface area contributed by atoms with Gasteiger partial charge in [0.25, 0.3) is 5.69 Å². The highest BCUT2D eigenvalue weighted by Gasteiger charge is 2.21. The van der Waals surface area contributed by atoms with Crippen LogP contribution in [0.15, 0.2) is 12.1 Å². The van der Waals surface area contributed by atoms with Gasteiger partial charge in [0.15, 0.2) is 5.78 Å². The lowest BCUT2D eigenvalue weighted by molar-refractivity contribution is -0.385. The Morgan fingerprint density at radius 3 is 2.60 bits per heavy atom. The summed E-state index contributed by atoms with van der Waals surface area (Å²) < 4.78 is 0. The number of carbonyl (C=O) groups excluding carboxylic acids is 1. The number of nitrogens with zero attached hydrogens (tertiary/aromatic N) is 2. The number of benzene rings is 1. The number of Topliss-reactive ketones (excluding diaryl/α,β-unsaturated/α-hetero) is 1. The van der Waals surface area contributed by atoms with Crippen molar-refractivity contribution >= 4 is 23.1 Å². The molecular weight excluding hydrogens is 220 g/mol. The van der Waals surface area contributed by atoms with Gasteiger partial charge in [0, 0.05) is 16.7 Å². The molecule has 0 amide bonds. The number of halogens is 1. The van der Waals surface area contributed by atoms with Crippen LogP contribution in [0.5, 0.6) is 0 Å². The fourth-order valence-corrected chi connectivity index (χ4v) is 1.34. The Balaban J connectivity index is 3.62. The topological polar surface area (TPSA) is 84.0 Å². The van der Waals surface area contributed by atoms with Gasteiger partial charge in [-0.2, -0.15) is 5.26 Å². The standard InChI is InChI=1S/C9H5ClN2O3/c1-5(13)7-2-6(10)3-9(12(14)15)8(7)4-11/h2-3H,1H3. The largest absolute Gasteiger partial charge is 0.294 e. The third-order valence-corrected chi connectivity index (χ3v) is 1.99. The molecule has 6 heteroatoms. The van der Waals surface area contributed by atoms with Crippen molar-refractivity contribution < 1.29 is 9.72 Å². The smallest absolute Gasteiger partial charge is 0.289 e. The number of nitro groups is 1. The minimum absolute atomic E-state index is 0.0308. The van der Waals surface area contributed by atoms with Gasteiger partial charge in [-0.3, -0.25) is 14.9 Å². The summed E-state index contributed by atoms with van der Waals surface area (Å²) in [5.74, 6) is -0.433. The molecule has 1 rings (SSSR count). The predicted octanol–water partition coefficient (Wildman–Crippen LogP) is 2.32. The van der Waals surface area contributed by atoms with Gasteiger partial charge in [-0.15, -0.1) is 0 Å². The zero-order valence-corrected chi connectivity index (χ0v) is 8.41. The van der Waals surface area contributed by atoms with Gasteiger partial charge in [0.2, 0.25) is 0 Å². The Morgan fingerprint density at radius 2 is 2.20 bits per heavy atom. The number of carbonyl (C=O) groups is 1. The third-order valence-electron chi connectivity index (χ3n) is 1.77. The van der Waals surface area contributed by atoms with Gasteiger partial charge in [-0.25, -0.2) is 0 Å². The third kappa shape index (κ3) is 2.11. The maximum Gasteiger partial charge on any atom is 0.289 e. The summed E-state index contributed by atoms with van der Waals surface area (Å²) in [5, 5.41) is 19.4. The van der Waals surface area contributed by atoms with Gasteiger partial charge < -0.3 is 0 Å². The van der Waals surface area contributed by atoms with Gasteiger partial charge >= 0.3 is 0 Å². The molecule has 0 saturated carbocycles. The molecule has 0 unspecified atom stereocenters. The van der Waals surface area contributed by atoms with Gasteiger partial charge in [-0.1, -0.05) is 11.6 Å². The molecule has 0 N–H and O–H groups in total. The van der Waals surface area contributed by atoms with Gasteiger partial charge in [-0.05, 0) is 13.0 Å². The minimum atomic E-state index is -0.739. The van der Waals surface area contributed by atoms with Crippen molar-refractivity contribution in [2.45, 2.75) is 6.92 Å². The number of rotatable bonds is 2. The van der Waals surface area contributed by atoms with Crippen molar-refractivity contribution in [3.63, 3.8) is 0 Å². The molecule has 0 aromatic heterocycles. The number of ketones is 1. The van der Waals surface area contributed by atoms with E-state index in [1.165, 1.54) is 13.0 Å². The molecule has 0 aliphatic heterocycles. The second-order valence-electron chi connectivity index (χ2n) is 2.77. The first-order valence-corrected chi connectivity index (χ1v) is 4.24. The Morgan fingerprint density at radius 1 is 1.60 bits per heavy atom. The van der Waals surface area contributed by atoms with Crippen LogP contribution in [0, 0.1) is 21.4 Å². The molecule has 76 valence electrons. The van der Waals surface area contributed by atoms with Crippen molar-refractivity contribution in [3.05, 3.63) is 38.4 Å². The van der Waals surface area contributed by atoms with E-state index < -0.39 is 16.4 Å². The first kappa shape index (κ1) is 11.1. The van der Waals surface area contributed by atoms with Crippen molar-refractivity contribution in [1.82, 2.24) is 0 Å². The zero-order valence-electron chi connectivity index (χ0n) is 7.65. The van der Waals surface area contributed by atoms with Crippen LogP contribution in [0.25, 0.3) is 0 Å². The van der Waals surface area contributed by atoms with Crippen molar-refractivity contribution in [1.29, 1.82) is 5.26 Å². The van der Waals surface area contributed by atoms with E-state index in [1.54, 1.807) is 6.07 Å². The van der Waals surface area contributed by atoms with E-state index in [0.29, 0.717) is 0 Å². The summed E-state index contributed by atoms with van der Waals surface area (Å²) in [4.78, 5) is 21.0. The molecule has 5 nitrogen and oxygen atoms in total. The van der Waals surface area contributed by atoms with E-state index in [-0.39, 0.29) is 16.1 Å². The van der Waals surface area contributed by atoms with Gasteiger partial charge in [0.05, 0.1) is 4.92 Å². The molecule has 1 aromatic rings. The SMILES string of the molecule is CC(=O)c1cc(Cl)cc([N+](=O)[O-])c1C#N. The van der Waals surface area contributed by atoms with Crippen LogP contribution in [-0.4, -0.2) is 10.7 Å². The summed E-state index contributed by atoms with van der Waals surface area (Å²) in [7, 11) is 0. The molecule has 0 aliphatic carbocycles. The average Bonchev–Trinajstić information content (AvgIpc) is 2.16. The summed E-state index contributed by atoms with van der Waals surface area (Å²) in [6.45, 7) is 1.22. The number of nitriles is 1. The van der Waals surface area contributed by atoms with Crippen LogP contribution in [-0.2, 0) is 0 Å². The fraction of sp³-hybridized carbons (Fsp3) is 0.111. The second kappa shape index (κ2) is 4.07. The van der Waals surface area contributed by atoms with E-state index >= 15 is 0 Å². The van der Waals surface area contributed by atoms with E-state index in [0.717, 1.165) is 6.07 Å². The van der Waals surface area contributed by atoms with E-state index in [1.807, 2.05) is 0 Å². The molecular formula is C9H5ClN2O3. The highest BCUT2D eigenvalue weighted by molar-refractivity contribution is 6.31. The Bertz CT molecular complexity index is 456. The first-order valence-electron chi connectivity index (χ1n) is 3.86. The lowest BCUT2D eigenvalue weighted by Crippen LogP contribution is -2.01. The van der Waals surface area contributed by atoms with Crippen LogP contribution in [0.2, 0.25) is 5.02 Å². The quantitative estimate of drug-likeness (QED) is 0.438. The van der Waals surface area contributed by atoms with E-state index in [2.05, 4.69) is 0 Å². The molecule has 0 aliphatic rings. The predicted molar refractivity (Wildman–Crippen MR) is 52.8 cm³/mol. The van der Waals surface area contributed by atoms with Crippen LogP contribution in [0.3, 0.4) is 0 Å². The molecule has 15 heavy (non-hydrogen) atoms. The maximum absolute atomic E-state index is 11.1. The normalized spacial score (nSPS) is 9.40. The fourth-order valence-electron chi connectivity index (χ4n) is 1.13. The first-order chi connectivity index (χ1) is 6.97. The monoisotopic (exact) mass is 224 g/mol. The molecule has 0 atom stereocenters. The van der Waals surface area contributed by atoms with E-state index in [9.17, 15) is 14.9 Å². The summed E-state index contributed by atoms with van der Waals surface area (Å²) >= 11 is 5.60. The lowest BCUT2D eigenvalue weighted by Gasteiger charge is -2.01. The van der Waals surface area contributed by atoms with Crippen LogP contribution in [0.4, 0.5) is 5.69 Å². The molecule has 0 heterocycles. The Labute approximate surface area is 90.0 Å².